The molecule has 162 valence electrons. The highest BCUT2D eigenvalue weighted by Crippen LogP contribution is 2.28. The van der Waals surface area contributed by atoms with E-state index in [1.807, 2.05) is 6.07 Å². The minimum Gasteiger partial charge on any atom is -0.493 e. The third kappa shape index (κ3) is 4.79. The second-order valence-electron chi connectivity index (χ2n) is 8.76. The summed E-state index contributed by atoms with van der Waals surface area (Å²) in [5.41, 5.74) is 3.51. The monoisotopic (exact) mass is 410 g/mol. The third-order valence-corrected chi connectivity index (χ3v) is 5.77. The van der Waals surface area contributed by atoms with E-state index in [1.54, 1.807) is 0 Å². The molecule has 1 aromatic carbocycles. The Morgan fingerprint density at radius 3 is 2.87 bits per heavy atom. The first-order valence-corrected chi connectivity index (χ1v) is 10.8. The largest absolute Gasteiger partial charge is 0.493 e. The van der Waals surface area contributed by atoms with Crippen LogP contribution in [0.4, 0.5) is 5.95 Å². The highest BCUT2D eigenvalue weighted by Gasteiger charge is 2.22. The number of nitrogens with one attached hydrogen (secondary N) is 1. The van der Waals surface area contributed by atoms with E-state index >= 15 is 0 Å². The molecule has 4 rings (SSSR count). The number of nitrogens with zero attached hydrogens (tertiary/aromatic N) is 5. The van der Waals surface area contributed by atoms with Crippen LogP contribution in [0.15, 0.2) is 36.5 Å². The second kappa shape index (κ2) is 9.10. The summed E-state index contributed by atoms with van der Waals surface area (Å²) in [5, 5.41) is 3.49. The predicted octanol–water partition coefficient (Wildman–Crippen LogP) is 2.88. The fourth-order valence-electron chi connectivity index (χ4n) is 4.25. The molecule has 7 nitrogen and oxygen atoms in total. The van der Waals surface area contributed by atoms with Crippen molar-refractivity contribution in [1.29, 1.82) is 0 Å². The maximum absolute atomic E-state index is 6.07. The predicted molar refractivity (Wildman–Crippen MR) is 122 cm³/mol. The summed E-state index contributed by atoms with van der Waals surface area (Å²) in [6, 6.07) is 10.5. The Morgan fingerprint density at radius 2 is 2.10 bits per heavy atom. The maximum atomic E-state index is 6.07. The molecule has 0 spiro atoms. The van der Waals surface area contributed by atoms with E-state index in [1.165, 1.54) is 5.69 Å². The molecule has 1 N–H and O–H groups in total. The number of benzene rings is 1. The van der Waals surface area contributed by atoms with Crippen LogP contribution < -0.4 is 10.1 Å². The number of anilines is 1. The van der Waals surface area contributed by atoms with Gasteiger partial charge in [0.25, 0.3) is 0 Å². The van der Waals surface area contributed by atoms with Crippen molar-refractivity contribution in [3.8, 4) is 5.75 Å². The van der Waals surface area contributed by atoms with Crippen LogP contribution in [0, 0.1) is 5.92 Å². The summed E-state index contributed by atoms with van der Waals surface area (Å²) >= 11 is 0. The molecule has 2 aromatic heterocycles. The standard InChI is InChI=1S/C23H34N6O/c1-26(2)15-18-14-24-23-25-21-9-8-20(13-22(21)29(23)16-18)30-12-6-10-27(3)17-19-7-5-11-28(19)4/h5,7-9,11,13,18H,6,10,12,14-17H2,1-4H3,(H,24,25). The molecule has 30 heavy (non-hydrogen) atoms. The zero-order valence-electron chi connectivity index (χ0n) is 18.6. The number of imidazole rings is 1. The van der Waals surface area contributed by atoms with Gasteiger partial charge in [-0.05, 0) is 51.8 Å². The van der Waals surface area contributed by atoms with E-state index in [4.69, 9.17) is 9.72 Å². The quantitative estimate of drug-likeness (QED) is 0.550. The summed E-state index contributed by atoms with van der Waals surface area (Å²) in [6.07, 6.45) is 3.09. The summed E-state index contributed by atoms with van der Waals surface area (Å²) in [4.78, 5) is 9.33. The summed E-state index contributed by atoms with van der Waals surface area (Å²) in [6.45, 7) is 5.71. The van der Waals surface area contributed by atoms with Crippen molar-refractivity contribution in [1.82, 2.24) is 23.9 Å². The molecular weight excluding hydrogens is 376 g/mol. The summed E-state index contributed by atoms with van der Waals surface area (Å²) in [5.74, 6) is 2.47. The first kappa shape index (κ1) is 20.8. The van der Waals surface area contributed by atoms with E-state index in [2.05, 4.69) is 82.9 Å². The molecule has 0 aliphatic carbocycles. The fraction of sp³-hybridized carbons (Fsp3) is 0.522. The van der Waals surface area contributed by atoms with Gasteiger partial charge in [-0.3, -0.25) is 0 Å². The van der Waals surface area contributed by atoms with Crippen molar-refractivity contribution < 1.29 is 4.74 Å². The molecule has 0 amide bonds. The SMILES string of the molecule is CN(C)CC1CNc2nc3ccc(OCCCN(C)Cc4cccn4C)cc3n2C1. The number of rotatable bonds is 9. The van der Waals surface area contributed by atoms with Crippen molar-refractivity contribution in [2.75, 3.05) is 52.7 Å². The van der Waals surface area contributed by atoms with Gasteiger partial charge in [-0.15, -0.1) is 0 Å². The third-order valence-electron chi connectivity index (χ3n) is 5.77. The molecule has 0 fully saturated rings. The lowest BCUT2D eigenvalue weighted by Gasteiger charge is -2.27. The molecule has 3 aromatic rings. The Kier molecular flexibility index (Phi) is 6.29. The van der Waals surface area contributed by atoms with Gasteiger partial charge in [-0.1, -0.05) is 0 Å². The Bertz CT molecular complexity index is 975. The van der Waals surface area contributed by atoms with Gasteiger partial charge in [0, 0.05) is 63.6 Å². The average molecular weight is 411 g/mol. The van der Waals surface area contributed by atoms with Crippen LogP contribution in [0.25, 0.3) is 11.0 Å². The summed E-state index contributed by atoms with van der Waals surface area (Å²) in [7, 11) is 8.51. The number of hydrogen-bond acceptors (Lipinski definition) is 5. The number of aromatic nitrogens is 3. The first-order valence-electron chi connectivity index (χ1n) is 10.8. The van der Waals surface area contributed by atoms with Gasteiger partial charge in [-0.2, -0.15) is 0 Å². The van der Waals surface area contributed by atoms with Gasteiger partial charge >= 0.3 is 0 Å². The number of aryl methyl sites for hydroxylation is 1. The van der Waals surface area contributed by atoms with E-state index in [9.17, 15) is 0 Å². The average Bonchev–Trinajstić information content (AvgIpc) is 3.27. The number of ether oxygens (including phenoxy) is 1. The lowest BCUT2D eigenvalue weighted by atomic mass is 10.1. The second-order valence-corrected chi connectivity index (χ2v) is 8.76. The van der Waals surface area contributed by atoms with Crippen LogP contribution in [0.3, 0.4) is 0 Å². The lowest BCUT2D eigenvalue weighted by molar-refractivity contribution is 0.256. The Hall–Kier alpha value is -2.51. The minimum absolute atomic E-state index is 0.578. The molecular formula is C23H34N6O. The zero-order valence-corrected chi connectivity index (χ0v) is 18.6. The van der Waals surface area contributed by atoms with Crippen LogP contribution in [0.5, 0.6) is 5.75 Å². The maximum Gasteiger partial charge on any atom is 0.203 e. The van der Waals surface area contributed by atoms with Gasteiger partial charge in [0.2, 0.25) is 5.95 Å². The van der Waals surface area contributed by atoms with E-state index < -0.39 is 0 Å². The van der Waals surface area contributed by atoms with Crippen LogP contribution in [-0.2, 0) is 20.1 Å². The van der Waals surface area contributed by atoms with Gasteiger partial charge in [-0.25, -0.2) is 4.98 Å². The molecule has 0 saturated heterocycles. The Balaban J connectivity index is 1.32. The number of fused-ring (bicyclic) bond motifs is 3. The molecule has 1 unspecified atom stereocenters. The molecule has 7 heteroatoms. The normalized spacial score (nSPS) is 16.3. The number of hydrogen-bond donors (Lipinski definition) is 1. The molecule has 1 atom stereocenters. The van der Waals surface area contributed by atoms with Crippen LogP contribution in [0.1, 0.15) is 12.1 Å². The van der Waals surface area contributed by atoms with Crippen molar-refractivity contribution in [2.45, 2.75) is 19.5 Å². The van der Waals surface area contributed by atoms with Crippen LogP contribution in [0.2, 0.25) is 0 Å². The van der Waals surface area contributed by atoms with Crippen LogP contribution >= 0.6 is 0 Å². The highest BCUT2D eigenvalue weighted by molar-refractivity contribution is 5.80. The smallest absolute Gasteiger partial charge is 0.203 e. The van der Waals surface area contributed by atoms with Gasteiger partial charge in [0.1, 0.15) is 5.75 Å². The molecule has 0 radical (unpaired) electrons. The lowest BCUT2D eigenvalue weighted by Crippen LogP contribution is -2.34. The zero-order chi connectivity index (χ0) is 21.1. The summed E-state index contributed by atoms with van der Waals surface area (Å²) < 4.78 is 10.5. The first-order chi connectivity index (χ1) is 14.5. The van der Waals surface area contributed by atoms with E-state index in [-0.39, 0.29) is 0 Å². The van der Waals surface area contributed by atoms with Gasteiger partial charge < -0.3 is 29.0 Å². The highest BCUT2D eigenvalue weighted by atomic mass is 16.5. The van der Waals surface area contributed by atoms with Gasteiger partial charge in [0.05, 0.1) is 17.6 Å². The van der Waals surface area contributed by atoms with Crippen LogP contribution in [-0.4, -0.2) is 71.3 Å². The van der Waals surface area contributed by atoms with E-state index in [0.717, 1.165) is 61.9 Å². The Morgan fingerprint density at radius 1 is 1.23 bits per heavy atom. The molecule has 0 saturated carbocycles. The Labute approximate surface area is 179 Å². The molecule has 1 aliphatic rings. The minimum atomic E-state index is 0.578. The van der Waals surface area contributed by atoms with Gasteiger partial charge in [0.15, 0.2) is 0 Å². The van der Waals surface area contributed by atoms with Crippen molar-refractivity contribution >= 4 is 17.0 Å². The molecule has 3 heterocycles. The fourth-order valence-corrected chi connectivity index (χ4v) is 4.25. The van der Waals surface area contributed by atoms with Crippen molar-refractivity contribution in [3.63, 3.8) is 0 Å². The van der Waals surface area contributed by atoms with E-state index in [0.29, 0.717) is 12.5 Å². The topological polar surface area (TPSA) is 50.5 Å². The molecule has 0 bridgehead atoms. The van der Waals surface area contributed by atoms with Crippen molar-refractivity contribution in [2.24, 2.45) is 13.0 Å². The molecule has 1 aliphatic heterocycles. The van der Waals surface area contributed by atoms with Crippen molar-refractivity contribution in [3.05, 3.63) is 42.2 Å².